The highest BCUT2D eigenvalue weighted by Gasteiger charge is 2.70. The molecule has 2 heterocycles. The maximum atomic E-state index is 16.3. The lowest BCUT2D eigenvalue weighted by Crippen LogP contribution is -2.59. The topological polar surface area (TPSA) is 76.8 Å². The fraction of sp³-hybridized carbons (Fsp3) is 0.548. The van der Waals surface area contributed by atoms with Gasteiger partial charge in [-0.15, -0.1) is 0 Å². The van der Waals surface area contributed by atoms with Crippen molar-refractivity contribution in [3.8, 4) is 6.07 Å². The number of hydrogen-bond acceptors (Lipinski definition) is 4. The van der Waals surface area contributed by atoms with E-state index in [2.05, 4.69) is 6.07 Å². The molecule has 1 aromatic carbocycles. The minimum atomic E-state index is -1.01. The summed E-state index contributed by atoms with van der Waals surface area (Å²) in [5, 5.41) is 10.4. The first-order valence-corrected chi connectivity index (χ1v) is 14.0. The smallest absolute Gasteiger partial charge is 0.255 e. The van der Waals surface area contributed by atoms with Crippen LogP contribution in [0.3, 0.4) is 0 Å². The third-order valence-corrected chi connectivity index (χ3v) is 10.2. The van der Waals surface area contributed by atoms with Crippen LogP contribution < -0.4 is 0 Å². The SMILES string of the molecule is CC1C(F)=C(c2ccccc2)C=CC1(C1=NC2(CC2)C(=O)N1CC1CN(C(=O)C2(C)CC2)C1)C1(C#N)CC1. The van der Waals surface area contributed by atoms with Crippen LogP contribution in [0.15, 0.2) is 53.3 Å². The molecule has 2 atom stereocenters. The average molecular weight is 513 g/mol. The van der Waals surface area contributed by atoms with Crippen molar-refractivity contribution >= 4 is 23.2 Å². The Labute approximate surface area is 222 Å². The van der Waals surface area contributed by atoms with Crippen LogP contribution in [0.5, 0.6) is 0 Å². The van der Waals surface area contributed by atoms with E-state index >= 15 is 4.39 Å². The van der Waals surface area contributed by atoms with Gasteiger partial charge in [-0.25, -0.2) is 4.39 Å². The molecule has 3 saturated carbocycles. The third kappa shape index (κ3) is 3.12. The predicted molar refractivity (Wildman–Crippen MR) is 141 cm³/mol. The number of nitriles is 1. The zero-order chi connectivity index (χ0) is 26.5. The summed E-state index contributed by atoms with van der Waals surface area (Å²) in [5.74, 6) is 0.0350. The number of aliphatic imine (C=N–C) groups is 1. The van der Waals surface area contributed by atoms with Crippen molar-refractivity contribution in [2.75, 3.05) is 19.6 Å². The summed E-state index contributed by atoms with van der Waals surface area (Å²) >= 11 is 0. The van der Waals surface area contributed by atoms with E-state index in [9.17, 15) is 14.9 Å². The summed E-state index contributed by atoms with van der Waals surface area (Å²) in [6.07, 6.45) is 8.40. The van der Waals surface area contributed by atoms with Crippen molar-refractivity contribution in [2.45, 2.75) is 57.9 Å². The van der Waals surface area contributed by atoms with Crippen LogP contribution in [0.2, 0.25) is 0 Å². The number of halogens is 1. The van der Waals surface area contributed by atoms with Gasteiger partial charge in [-0.3, -0.25) is 19.5 Å². The molecule has 38 heavy (non-hydrogen) atoms. The number of hydrogen-bond donors (Lipinski definition) is 0. The van der Waals surface area contributed by atoms with Crippen LogP contribution >= 0.6 is 0 Å². The molecule has 196 valence electrons. The number of rotatable bonds is 6. The Morgan fingerprint density at radius 3 is 2.39 bits per heavy atom. The van der Waals surface area contributed by atoms with Gasteiger partial charge in [0, 0.05) is 42.5 Å². The Morgan fingerprint density at radius 2 is 1.82 bits per heavy atom. The summed E-state index contributed by atoms with van der Waals surface area (Å²) in [6.45, 7) is 5.60. The maximum absolute atomic E-state index is 16.3. The van der Waals surface area contributed by atoms with Gasteiger partial charge in [0.05, 0.1) is 16.9 Å². The molecular weight excluding hydrogens is 479 g/mol. The molecule has 0 bridgehead atoms. The summed E-state index contributed by atoms with van der Waals surface area (Å²) in [6, 6.07) is 12.0. The molecule has 1 spiro atoms. The van der Waals surface area contributed by atoms with Crippen LogP contribution in [0.1, 0.15) is 57.9 Å². The molecule has 7 heteroatoms. The second kappa shape index (κ2) is 7.65. The molecule has 4 fully saturated rings. The van der Waals surface area contributed by atoms with Crippen LogP contribution in [-0.4, -0.2) is 52.6 Å². The molecule has 2 amide bonds. The second-order valence-electron chi connectivity index (χ2n) is 12.8. The molecule has 6 nitrogen and oxygen atoms in total. The standard InChI is InChI=1S/C31H33FN4O2/c1-20-24(32)23(22-6-4-3-5-7-22)8-9-31(20,29(19-33)12-13-29)25-34-30(14-15-30)27(38)36(25)18-21-16-35(17-21)26(37)28(2)10-11-28/h3-9,20-21H,10-18H2,1-2H3. The zero-order valence-corrected chi connectivity index (χ0v) is 22.0. The second-order valence-corrected chi connectivity index (χ2v) is 12.8. The zero-order valence-electron chi connectivity index (χ0n) is 22.0. The number of nitrogens with zero attached hydrogens (tertiary/aromatic N) is 4. The van der Waals surface area contributed by atoms with Gasteiger partial charge in [0.1, 0.15) is 17.2 Å². The van der Waals surface area contributed by atoms with Crippen LogP contribution in [-0.2, 0) is 9.59 Å². The molecule has 7 rings (SSSR count). The van der Waals surface area contributed by atoms with E-state index in [1.165, 1.54) is 0 Å². The molecule has 4 aliphatic carbocycles. The molecule has 0 N–H and O–H groups in total. The van der Waals surface area contributed by atoms with Crippen molar-refractivity contribution in [3.63, 3.8) is 0 Å². The van der Waals surface area contributed by atoms with Crippen molar-refractivity contribution < 1.29 is 14.0 Å². The Morgan fingerprint density at radius 1 is 1.13 bits per heavy atom. The number of carbonyl (C=O) groups is 2. The number of allylic oxidation sites excluding steroid dienone is 3. The first kappa shape index (κ1) is 23.8. The average Bonchev–Trinajstić information content (AvgIpc) is 3.79. The van der Waals surface area contributed by atoms with Crippen LogP contribution in [0.4, 0.5) is 4.39 Å². The first-order valence-electron chi connectivity index (χ1n) is 14.0. The van der Waals surface area contributed by atoms with Crippen molar-refractivity contribution in [2.24, 2.45) is 33.1 Å². The Balaban J connectivity index is 1.23. The van der Waals surface area contributed by atoms with E-state index < -0.39 is 22.3 Å². The Bertz CT molecular complexity index is 1370. The van der Waals surface area contributed by atoms with Crippen molar-refractivity contribution in [1.82, 2.24) is 9.80 Å². The summed E-state index contributed by atoms with van der Waals surface area (Å²) in [4.78, 5) is 35.3. The number of likely N-dealkylation sites (tertiary alicyclic amines) is 1. The molecular formula is C31H33FN4O2. The van der Waals surface area contributed by atoms with Crippen LogP contribution in [0, 0.1) is 39.4 Å². The molecule has 0 aromatic heterocycles. The summed E-state index contributed by atoms with van der Waals surface area (Å²) in [7, 11) is 0. The van der Waals surface area contributed by atoms with E-state index in [4.69, 9.17) is 4.99 Å². The van der Waals surface area contributed by atoms with Gasteiger partial charge in [-0.2, -0.15) is 5.26 Å². The summed E-state index contributed by atoms with van der Waals surface area (Å²) in [5.41, 5.74) is -1.41. The molecule has 6 aliphatic rings. The number of carbonyl (C=O) groups excluding carboxylic acids is 2. The molecule has 2 aliphatic heterocycles. The maximum Gasteiger partial charge on any atom is 0.255 e. The van der Waals surface area contributed by atoms with Crippen molar-refractivity contribution in [3.05, 3.63) is 53.9 Å². The fourth-order valence-corrected chi connectivity index (χ4v) is 7.00. The van der Waals surface area contributed by atoms with Gasteiger partial charge in [0.15, 0.2) is 0 Å². The van der Waals surface area contributed by atoms with Gasteiger partial charge in [-0.1, -0.05) is 56.3 Å². The normalized spacial score (nSPS) is 31.7. The van der Waals surface area contributed by atoms with E-state index in [1.54, 1.807) is 4.90 Å². The molecule has 0 radical (unpaired) electrons. The first-order chi connectivity index (χ1) is 18.2. The lowest BCUT2D eigenvalue weighted by molar-refractivity contribution is -0.143. The third-order valence-electron chi connectivity index (χ3n) is 10.2. The lowest BCUT2D eigenvalue weighted by Gasteiger charge is -2.47. The van der Waals surface area contributed by atoms with E-state index in [-0.39, 0.29) is 29.0 Å². The van der Waals surface area contributed by atoms with Gasteiger partial charge in [-0.05, 0) is 44.1 Å². The van der Waals surface area contributed by atoms with Crippen molar-refractivity contribution in [1.29, 1.82) is 5.26 Å². The largest absolute Gasteiger partial charge is 0.341 e. The molecule has 1 saturated heterocycles. The number of amides is 2. The molecule has 2 unspecified atom stereocenters. The number of amidine groups is 1. The highest BCUT2D eigenvalue weighted by atomic mass is 19.1. The monoisotopic (exact) mass is 512 g/mol. The van der Waals surface area contributed by atoms with E-state index in [1.807, 2.05) is 61.2 Å². The number of benzene rings is 1. The van der Waals surface area contributed by atoms with Crippen LogP contribution in [0.25, 0.3) is 5.57 Å². The minimum Gasteiger partial charge on any atom is -0.341 e. The van der Waals surface area contributed by atoms with Gasteiger partial charge in [0.2, 0.25) is 5.91 Å². The quantitative estimate of drug-likeness (QED) is 0.544. The Kier molecular flexibility index (Phi) is 4.79. The minimum absolute atomic E-state index is 0.0154. The highest BCUT2D eigenvalue weighted by molar-refractivity contribution is 6.13. The fourth-order valence-electron chi connectivity index (χ4n) is 7.00. The van der Waals surface area contributed by atoms with E-state index in [0.717, 1.165) is 18.4 Å². The van der Waals surface area contributed by atoms with Gasteiger partial charge < -0.3 is 4.90 Å². The van der Waals surface area contributed by atoms with Gasteiger partial charge in [0.25, 0.3) is 5.91 Å². The predicted octanol–water partition coefficient (Wildman–Crippen LogP) is 4.90. The van der Waals surface area contributed by atoms with Gasteiger partial charge >= 0.3 is 0 Å². The molecule has 1 aromatic rings. The lowest BCUT2D eigenvalue weighted by atomic mass is 9.60. The van der Waals surface area contributed by atoms with E-state index in [0.29, 0.717) is 56.7 Å². The highest BCUT2D eigenvalue weighted by Crippen LogP contribution is 2.67. The summed E-state index contributed by atoms with van der Waals surface area (Å²) < 4.78 is 16.3. The Hall–Kier alpha value is -3.27.